The molecule has 3 aromatic heterocycles. The molecule has 0 unspecified atom stereocenters. The molecule has 0 saturated carbocycles. The molecule has 0 spiro atoms. The maximum atomic E-state index is 5.18. The average molecular weight is 826 g/mol. The highest BCUT2D eigenvalue weighted by Crippen LogP contribution is 2.47. The van der Waals surface area contributed by atoms with Crippen LogP contribution in [0, 0.1) is 0 Å². The van der Waals surface area contributed by atoms with Gasteiger partial charge in [0, 0.05) is 38.4 Å². The van der Waals surface area contributed by atoms with E-state index in [0.717, 1.165) is 44.3 Å². The number of rotatable bonds is 6. The second-order valence-electron chi connectivity index (χ2n) is 18.7. The Morgan fingerprint density at radius 2 is 0.797 bits per heavy atom. The van der Waals surface area contributed by atoms with E-state index in [1.54, 1.807) is 0 Å². The van der Waals surface area contributed by atoms with Crippen molar-refractivity contribution in [2.24, 2.45) is 0 Å². The summed E-state index contributed by atoms with van der Waals surface area (Å²) in [6.07, 6.45) is 2.44. The third kappa shape index (κ3) is 6.10. The molecular weight excluding hydrogens is 779 g/mol. The number of hydrogen-bond acceptors (Lipinski definition) is 3. The zero-order valence-corrected chi connectivity index (χ0v) is 36.5. The fourth-order valence-corrected chi connectivity index (χ4v) is 10.3. The zero-order valence-electron chi connectivity index (χ0n) is 36.5. The Morgan fingerprint density at radius 3 is 1.36 bits per heavy atom. The van der Waals surface area contributed by atoms with Crippen molar-refractivity contribution in [2.45, 2.75) is 51.4 Å². The zero-order chi connectivity index (χ0) is 43.2. The first kappa shape index (κ1) is 38.1. The number of fused-ring (bicyclic) bond motifs is 8. The third-order valence-corrected chi connectivity index (χ3v) is 13.9. The number of para-hydroxylation sites is 2. The van der Waals surface area contributed by atoms with Gasteiger partial charge in [-0.3, -0.25) is 4.57 Å². The van der Waals surface area contributed by atoms with Gasteiger partial charge in [-0.2, -0.15) is 9.97 Å². The summed E-state index contributed by atoms with van der Waals surface area (Å²) in [5.41, 5.74) is 15.7. The van der Waals surface area contributed by atoms with Crippen LogP contribution >= 0.6 is 0 Å². The largest absolute Gasteiger partial charge is 0.309 e. The molecule has 308 valence electrons. The van der Waals surface area contributed by atoms with Crippen LogP contribution in [0.3, 0.4) is 0 Å². The summed E-state index contributed by atoms with van der Waals surface area (Å²) < 4.78 is 4.62. The minimum Gasteiger partial charge on any atom is -0.309 e. The Labute approximate surface area is 373 Å². The molecule has 1 aliphatic rings. The Kier molecular flexibility index (Phi) is 8.61. The number of benzene rings is 8. The molecule has 8 aromatic carbocycles. The molecule has 64 heavy (non-hydrogen) atoms. The van der Waals surface area contributed by atoms with Crippen LogP contribution < -0.4 is 0 Å². The van der Waals surface area contributed by atoms with Gasteiger partial charge < -0.3 is 4.57 Å². The lowest BCUT2D eigenvalue weighted by atomic mass is 9.63. The Morgan fingerprint density at radius 1 is 0.359 bits per heavy atom. The Bertz CT molecular complexity index is 3520. The molecule has 0 atom stereocenters. The molecule has 1 aliphatic carbocycles. The van der Waals surface area contributed by atoms with Gasteiger partial charge in [-0.25, -0.2) is 4.98 Å². The van der Waals surface area contributed by atoms with Gasteiger partial charge in [0.05, 0.1) is 22.1 Å². The predicted molar refractivity (Wildman–Crippen MR) is 266 cm³/mol. The summed E-state index contributed by atoms with van der Waals surface area (Å²) in [5, 5.41) is 4.73. The summed E-state index contributed by atoms with van der Waals surface area (Å²) >= 11 is 0. The molecule has 12 rings (SSSR count). The second kappa shape index (κ2) is 14.5. The normalized spacial score (nSPS) is 14.4. The maximum Gasteiger partial charge on any atom is 0.238 e. The SMILES string of the molecule is CC1(C)CCC(C)(C)c2cc(-c3ccc(-c4ccc(-n5c6ccccc6c6c7c8ccccc8n(-c8nc(-c9ccccc9)nc(-c9ccccc9)n8)c7ccc65)cc4)cc3)ccc21. The Hall–Kier alpha value is -7.63. The van der Waals surface area contributed by atoms with E-state index in [4.69, 9.17) is 15.0 Å². The minimum absolute atomic E-state index is 0.180. The van der Waals surface area contributed by atoms with Gasteiger partial charge in [-0.05, 0) is 93.5 Å². The smallest absolute Gasteiger partial charge is 0.238 e. The highest BCUT2D eigenvalue weighted by Gasteiger charge is 2.37. The van der Waals surface area contributed by atoms with Crippen molar-refractivity contribution in [1.29, 1.82) is 0 Å². The van der Waals surface area contributed by atoms with E-state index >= 15 is 0 Å². The van der Waals surface area contributed by atoms with Crippen molar-refractivity contribution >= 4 is 43.6 Å². The van der Waals surface area contributed by atoms with Crippen molar-refractivity contribution in [3.8, 4) is 56.7 Å². The minimum atomic E-state index is 0.180. The number of hydrogen-bond donors (Lipinski definition) is 0. The monoisotopic (exact) mass is 825 g/mol. The van der Waals surface area contributed by atoms with E-state index in [9.17, 15) is 0 Å². The fraction of sp³-hybridized carbons (Fsp3) is 0.136. The van der Waals surface area contributed by atoms with Gasteiger partial charge in [-0.1, -0.05) is 179 Å². The van der Waals surface area contributed by atoms with Crippen molar-refractivity contribution in [3.63, 3.8) is 0 Å². The molecule has 0 amide bonds. The molecule has 0 bridgehead atoms. The summed E-state index contributed by atoms with van der Waals surface area (Å²) in [4.78, 5) is 15.4. The van der Waals surface area contributed by atoms with Gasteiger partial charge in [0.15, 0.2) is 11.6 Å². The molecule has 0 aliphatic heterocycles. The molecular formula is C59H47N5. The number of nitrogens with zero attached hydrogens (tertiary/aromatic N) is 5. The Balaban J connectivity index is 0.966. The van der Waals surface area contributed by atoms with Crippen LogP contribution in [-0.4, -0.2) is 24.1 Å². The summed E-state index contributed by atoms with van der Waals surface area (Å²) in [5.74, 6) is 1.85. The van der Waals surface area contributed by atoms with E-state index in [0.29, 0.717) is 17.6 Å². The molecule has 5 heteroatoms. The van der Waals surface area contributed by atoms with Crippen LogP contribution in [0.1, 0.15) is 51.7 Å². The first-order chi connectivity index (χ1) is 31.2. The van der Waals surface area contributed by atoms with Crippen LogP contribution in [0.15, 0.2) is 188 Å². The van der Waals surface area contributed by atoms with Crippen molar-refractivity contribution in [3.05, 3.63) is 199 Å². The fourth-order valence-electron chi connectivity index (χ4n) is 10.3. The molecule has 5 nitrogen and oxygen atoms in total. The lowest BCUT2D eigenvalue weighted by molar-refractivity contribution is 0.332. The highest BCUT2D eigenvalue weighted by atomic mass is 15.2. The van der Waals surface area contributed by atoms with Crippen LogP contribution in [0.2, 0.25) is 0 Å². The molecule has 0 saturated heterocycles. The van der Waals surface area contributed by atoms with E-state index in [1.165, 1.54) is 62.4 Å². The van der Waals surface area contributed by atoms with Crippen molar-refractivity contribution in [1.82, 2.24) is 24.1 Å². The molecule has 3 heterocycles. The van der Waals surface area contributed by atoms with Crippen molar-refractivity contribution < 1.29 is 0 Å². The van der Waals surface area contributed by atoms with Crippen LogP contribution in [-0.2, 0) is 10.8 Å². The van der Waals surface area contributed by atoms with Gasteiger partial charge in [-0.15, -0.1) is 0 Å². The van der Waals surface area contributed by atoms with E-state index in [1.807, 2.05) is 36.4 Å². The van der Waals surface area contributed by atoms with Gasteiger partial charge >= 0.3 is 0 Å². The molecule has 0 N–H and O–H groups in total. The first-order valence-electron chi connectivity index (χ1n) is 22.4. The molecule has 11 aromatic rings. The first-order valence-corrected chi connectivity index (χ1v) is 22.4. The lowest BCUT2D eigenvalue weighted by Crippen LogP contribution is -2.33. The van der Waals surface area contributed by atoms with Crippen LogP contribution in [0.5, 0.6) is 0 Å². The van der Waals surface area contributed by atoms with Gasteiger partial charge in [0.1, 0.15) is 0 Å². The van der Waals surface area contributed by atoms with Crippen LogP contribution in [0.25, 0.3) is 100 Å². The topological polar surface area (TPSA) is 48.5 Å². The standard InChI is InChI=1S/C59H47N5/c1-58(2)35-36-59(3,4)48-37-43(29-32-47(48)58)40-25-23-38(24-26-40)39-27-30-44(31-28-39)63-49-21-13-11-19-45(49)53-51(63)33-34-52-54(53)46-20-12-14-22-50(46)64(52)57-61-55(41-15-7-5-8-16-41)60-56(62-57)42-17-9-6-10-18-42/h5-34,37H,35-36H2,1-4H3. The number of aromatic nitrogens is 5. The highest BCUT2D eigenvalue weighted by molar-refractivity contribution is 6.28. The van der Waals surface area contributed by atoms with Gasteiger partial charge in [0.2, 0.25) is 5.95 Å². The molecule has 0 radical (unpaired) electrons. The van der Waals surface area contributed by atoms with Crippen LogP contribution in [0.4, 0.5) is 0 Å². The van der Waals surface area contributed by atoms with E-state index < -0.39 is 0 Å². The van der Waals surface area contributed by atoms with Gasteiger partial charge in [0.25, 0.3) is 0 Å². The van der Waals surface area contributed by atoms with Crippen molar-refractivity contribution in [2.75, 3.05) is 0 Å². The average Bonchev–Trinajstić information content (AvgIpc) is 3.86. The predicted octanol–water partition coefficient (Wildman–Crippen LogP) is 15.1. The summed E-state index contributed by atoms with van der Waals surface area (Å²) in [6, 6.07) is 67.5. The lowest BCUT2D eigenvalue weighted by Gasteiger charge is -2.42. The van der Waals surface area contributed by atoms with E-state index in [-0.39, 0.29) is 10.8 Å². The summed E-state index contributed by atoms with van der Waals surface area (Å²) in [7, 11) is 0. The second-order valence-corrected chi connectivity index (χ2v) is 18.7. The van der Waals surface area contributed by atoms with E-state index in [2.05, 4.69) is 188 Å². The quantitative estimate of drug-likeness (QED) is 0.168. The maximum absolute atomic E-state index is 5.18. The third-order valence-electron chi connectivity index (χ3n) is 13.9. The summed E-state index contributed by atoms with van der Waals surface area (Å²) in [6.45, 7) is 9.59. The molecule has 0 fully saturated rings.